The quantitative estimate of drug-likeness (QED) is 0.430. The van der Waals surface area contributed by atoms with Gasteiger partial charge in [0.1, 0.15) is 11.9 Å². The van der Waals surface area contributed by atoms with E-state index in [0.717, 1.165) is 32.3 Å². The van der Waals surface area contributed by atoms with Gasteiger partial charge in [-0.2, -0.15) is 0 Å². The summed E-state index contributed by atoms with van der Waals surface area (Å²) in [5.41, 5.74) is 5.52. The SMILES string of the molecule is C=C1C=C(C)C(NC(=O)OC(C)C(/C=C\C2CC2)=C(C)C)=C(c2ccc(Br)c(C)c2)O1. The molecule has 31 heavy (non-hydrogen) atoms. The predicted octanol–water partition coefficient (Wildman–Crippen LogP) is 7.33. The fraction of sp³-hybridized carbons (Fsp3) is 0.346. The number of allylic oxidation sites excluding steroid dienone is 4. The van der Waals surface area contributed by atoms with Crippen LogP contribution in [0.25, 0.3) is 5.76 Å². The van der Waals surface area contributed by atoms with E-state index < -0.39 is 6.09 Å². The van der Waals surface area contributed by atoms with Crippen LogP contribution in [0.4, 0.5) is 4.79 Å². The van der Waals surface area contributed by atoms with E-state index in [9.17, 15) is 4.79 Å². The molecule has 1 unspecified atom stereocenters. The molecule has 2 aliphatic rings. The number of halogens is 1. The summed E-state index contributed by atoms with van der Waals surface area (Å²) in [6, 6.07) is 5.91. The van der Waals surface area contributed by atoms with E-state index >= 15 is 0 Å². The molecule has 3 rings (SSSR count). The molecular weight excluding hydrogens is 454 g/mol. The van der Waals surface area contributed by atoms with Gasteiger partial charge in [0, 0.05) is 10.0 Å². The highest BCUT2D eigenvalue weighted by atomic mass is 79.9. The Balaban J connectivity index is 1.82. The summed E-state index contributed by atoms with van der Waals surface area (Å²) in [7, 11) is 0. The molecule has 1 N–H and O–H groups in total. The van der Waals surface area contributed by atoms with Gasteiger partial charge in [0.2, 0.25) is 0 Å². The van der Waals surface area contributed by atoms with Crippen LogP contribution in [0.3, 0.4) is 0 Å². The zero-order valence-corrected chi connectivity index (χ0v) is 20.4. The van der Waals surface area contributed by atoms with Crippen LogP contribution < -0.4 is 5.32 Å². The molecule has 0 aromatic heterocycles. The minimum Gasteiger partial charge on any atom is -0.455 e. The minimum absolute atomic E-state index is 0.359. The van der Waals surface area contributed by atoms with Crippen molar-refractivity contribution < 1.29 is 14.3 Å². The highest BCUT2D eigenvalue weighted by molar-refractivity contribution is 9.10. The first-order valence-electron chi connectivity index (χ1n) is 10.5. The zero-order valence-electron chi connectivity index (χ0n) is 18.8. The van der Waals surface area contributed by atoms with Gasteiger partial charge in [0.15, 0.2) is 5.76 Å². The number of hydrogen-bond acceptors (Lipinski definition) is 3. The molecule has 1 atom stereocenters. The zero-order chi connectivity index (χ0) is 22.7. The smallest absolute Gasteiger partial charge is 0.412 e. The molecule has 1 fully saturated rings. The lowest BCUT2D eigenvalue weighted by Crippen LogP contribution is -2.30. The Kier molecular flexibility index (Phi) is 7.26. The Morgan fingerprint density at radius 1 is 1.32 bits per heavy atom. The number of nitrogens with one attached hydrogen (secondary N) is 1. The minimum atomic E-state index is -0.517. The van der Waals surface area contributed by atoms with E-state index in [-0.39, 0.29) is 6.10 Å². The van der Waals surface area contributed by atoms with Crippen LogP contribution in [0.15, 0.2) is 75.7 Å². The van der Waals surface area contributed by atoms with Crippen molar-refractivity contribution in [1.82, 2.24) is 5.32 Å². The molecule has 0 spiro atoms. The Morgan fingerprint density at radius 3 is 2.65 bits per heavy atom. The summed E-state index contributed by atoms with van der Waals surface area (Å²) in [4.78, 5) is 12.8. The molecule has 1 amide bonds. The number of hydrogen-bond donors (Lipinski definition) is 1. The van der Waals surface area contributed by atoms with Crippen LogP contribution in [0, 0.1) is 12.8 Å². The van der Waals surface area contributed by atoms with Crippen molar-refractivity contribution in [3.05, 3.63) is 86.8 Å². The van der Waals surface area contributed by atoms with Crippen LogP contribution in [-0.4, -0.2) is 12.2 Å². The number of benzene rings is 1. The second-order valence-corrected chi connectivity index (χ2v) is 9.24. The molecule has 164 valence electrons. The number of alkyl carbamates (subject to hydrolysis) is 1. The van der Waals surface area contributed by atoms with Gasteiger partial charge in [-0.05, 0) is 88.3 Å². The molecule has 0 bridgehead atoms. The lowest BCUT2D eigenvalue weighted by atomic mass is 10.0. The monoisotopic (exact) mass is 483 g/mol. The number of amides is 1. The first kappa shape index (κ1) is 23.1. The molecule has 1 heterocycles. The molecule has 0 saturated heterocycles. The molecule has 1 aliphatic carbocycles. The number of carbonyl (C=O) groups is 1. The van der Waals surface area contributed by atoms with Gasteiger partial charge in [-0.15, -0.1) is 0 Å². The largest absolute Gasteiger partial charge is 0.455 e. The van der Waals surface area contributed by atoms with E-state index in [1.54, 1.807) is 6.08 Å². The van der Waals surface area contributed by atoms with Crippen molar-refractivity contribution in [3.8, 4) is 0 Å². The van der Waals surface area contributed by atoms with E-state index in [1.807, 2.05) is 52.8 Å². The third-order valence-corrected chi connectivity index (χ3v) is 6.24. The second-order valence-electron chi connectivity index (χ2n) is 8.39. The summed E-state index contributed by atoms with van der Waals surface area (Å²) < 4.78 is 12.7. The van der Waals surface area contributed by atoms with Gasteiger partial charge in [-0.1, -0.05) is 46.3 Å². The van der Waals surface area contributed by atoms with Gasteiger partial charge in [-0.25, -0.2) is 4.79 Å². The van der Waals surface area contributed by atoms with Gasteiger partial charge < -0.3 is 9.47 Å². The summed E-state index contributed by atoms with van der Waals surface area (Å²) in [5, 5.41) is 2.90. The highest BCUT2D eigenvalue weighted by Crippen LogP contribution is 2.33. The van der Waals surface area contributed by atoms with Crippen molar-refractivity contribution in [2.45, 2.75) is 53.6 Å². The van der Waals surface area contributed by atoms with Crippen LogP contribution in [0.2, 0.25) is 0 Å². The van der Waals surface area contributed by atoms with E-state index in [1.165, 1.54) is 12.8 Å². The maximum Gasteiger partial charge on any atom is 0.412 e. The van der Waals surface area contributed by atoms with Crippen LogP contribution in [0.5, 0.6) is 0 Å². The molecule has 1 aliphatic heterocycles. The first-order valence-corrected chi connectivity index (χ1v) is 11.3. The number of ether oxygens (including phenoxy) is 2. The fourth-order valence-corrected chi connectivity index (χ4v) is 3.69. The van der Waals surface area contributed by atoms with Gasteiger partial charge in [-0.3, -0.25) is 5.32 Å². The third-order valence-electron chi connectivity index (χ3n) is 5.35. The Hall–Kier alpha value is -2.53. The summed E-state index contributed by atoms with van der Waals surface area (Å²) in [6.07, 6.45) is 7.72. The third kappa shape index (κ3) is 6.01. The average Bonchev–Trinajstić information content (AvgIpc) is 3.50. The molecule has 1 aromatic rings. The van der Waals surface area contributed by atoms with Crippen LogP contribution >= 0.6 is 15.9 Å². The number of aryl methyl sites for hydroxylation is 1. The maximum atomic E-state index is 12.8. The van der Waals surface area contributed by atoms with Crippen molar-refractivity contribution >= 4 is 27.8 Å². The van der Waals surface area contributed by atoms with Crippen molar-refractivity contribution in [1.29, 1.82) is 0 Å². The normalized spacial score (nSPS) is 17.2. The summed E-state index contributed by atoms with van der Waals surface area (Å²) in [6.45, 7) is 13.8. The summed E-state index contributed by atoms with van der Waals surface area (Å²) >= 11 is 3.52. The predicted molar refractivity (Wildman–Crippen MR) is 129 cm³/mol. The summed E-state index contributed by atoms with van der Waals surface area (Å²) in [5.74, 6) is 1.75. The van der Waals surface area contributed by atoms with E-state index in [2.05, 4.69) is 40.0 Å². The average molecular weight is 484 g/mol. The molecule has 5 heteroatoms. The number of carbonyl (C=O) groups excluding carboxylic acids is 1. The van der Waals surface area contributed by atoms with Crippen LogP contribution in [0.1, 0.15) is 51.7 Å². The van der Waals surface area contributed by atoms with Crippen molar-refractivity contribution in [2.24, 2.45) is 5.92 Å². The van der Waals surface area contributed by atoms with Gasteiger partial charge >= 0.3 is 6.09 Å². The van der Waals surface area contributed by atoms with E-state index in [4.69, 9.17) is 9.47 Å². The highest BCUT2D eigenvalue weighted by Gasteiger charge is 2.23. The molecule has 0 radical (unpaired) electrons. The fourth-order valence-electron chi connectivity index (χ4n) is 3.44. The van der Waals surface area contributed by atoms with Gasteiger partial charge in [0.25, 0.3) is 0 Å². The standard InChI is InChI=1S/C26H30BrNO3/c1-15(2)22(11-9-20-7-8-20)19(6)31-26(29)28-24-17(4)13-18(5)30-25(24)21-10-12-23(27)16(3)14-21/h9-14,19-20H,5,7-8H2,1-4,6H3,(H,28,29)/b11-9-. The van der Waals surface area contributed by atoms with E-state index in [0.29, 0.717) is 23.1 Å². The molecule has 1 aromatic carbocycles. The molecule has 4 nitrogen and oxygen atoms in total. The van der Waals surface area contributed by atoms with Gasteiger partial charge in [0.05, 0.1) is 5.70 Å². The van der Waals surface area contributed by atoms with Crippen LogP contribution in [-0.2, 0) is 9.47 Å². The second kappa shape index (κ2) is 9.73. The Labute approximate surface area is 193 Å². The Morgan fingerprint density at radius 2 is 2.03 bits per heavy atom. The number of rotatable bonds is 6. The molecule has 1 saturated carbocycles. The molecular formula is C26H30BrNO3. The van der Waals surface area contributed by atoms with Crippen molar-refractivity contribution in [3.63, 3.8) is 0 Å². The lowest BCUT2D eigenvalue weighted by molar-refractivity contribution is 0.126. The van der Waals surface area contributed by atoms with Crippen molar-refractivity contribution in [2.75, 3.05) is 0 Å². The Bertz CT molecular complexity index is 1020. The topological polar surface area (TPSA) is 47.6 Å². The maximum absolute atomic E-state index is 12.8. The lowest BCUT2D eigenvalue weighted by Gasteiger charge is -2.24. The first-order chi connectivity index (χ1) is 14.7.